The first-order valence-electron chi connectivity index (χ1n) is 10.3. The molecule has 1 aliphatic carbocycles. The predicted octanol–water partition coefficient (Wildman–Crippen LogP) is 3.64. The van der Waals surface area contributed by atoms with Crippen molar-refractivity contribution < 1.29 is 43.5 Å². The van der Waals surface area contributed by atoms with Crippen LogP contribution in [0.5, 0.6) is 0 Å². The van der Waals surface area contributed by atoms with Gasteiger partial charge in [-0.3, -0.25) is 0 Å². The molecule has 1 amide bonds. The van der Waals surface area contributed by atoms with E-state index in [4.69, 9.17) is 5.73 Å². The molecule has 0 bridgehead atoms. The number of aryl methyl sites for hydroxylation is 1. The topological polar surface area (TPSA) is 60.1 Å². The number of allylic oxidation sites excluding steroid dienone is 1. The zero-order valence-electron chi connectivity index (χ0n) is 17.0. The third-order valence-electron chi connectivity index (χ3n) is 5.83. The molecule has 3 N–H and O–H groups in total. The number of nitrogens with one attached hydrogen (secondary N) is 1. The summed E-state index contributed by atoms with van der Waals surface area (Å²) in [7, 11) is 0. The fourth-order valence-electron chi connectivity index (χ4n) is 4.40. The number of amides is 1. The number of nitrogens with zero attached hydrogens (tertiary/aromatic N) is 1. The molecule has 154 valence electrons. The monoisotopic (exact) mass is 739 g/mol. The molecule has 0 unspecified atom stereocenters. The van der Waals surface area contributed by atoms with E-state index in [9.17, 15) is 4.79 Å². The number of carbonyl (C=O) groups excluding carboxylic acids is 1. The molecule has 6 heteroatoms. The number of nitrogens with two attached hydrogens (primary N) is 1. The van der Waals surface area contributed by atoms with Gasteiger partial charge in [0.25, 0.3) is 0 Å². The summed E-state index contributed by atoms with van der Waals surface area (Å²) in [5.74, 6) is -0.333. The molecule has 3 aromatic rings. The molecular formula is C24H25N3OW2. The van der Waals surface area contributed by atoms with Gasteiger partial charge in [-0.05, 0) is 0 Å². The van der Waals surface area contributed by atoms with E-state index in [0.717, 1.165) is 41.9 Å². The molecule has 4 nitrogen and oxygen atoms in total. The van der Waals surface area contributed by atoms with Gasteiger partial charge in [0.15, 0.2) is 0 Å². The van der Waals surface area contributed by atoms with Crippen molar-refractivity contribution in [2.24, 2.45) is 5.73 Å². The summed E-state index contributed by atoms with van der Waals surface area (Å²) < 4.78 is 4.17. The number of para-hydroxylation sites is 1. The van der Waals surface area contributed by atoms with E-state index in [2.05, 4.69) is 65.3 Å². The molecule has 0 atom stereocenters. The molecule has 30 heavy (non-hydrogen) atoms. The van der Waals surface area contributed by atoms with Gasteiger partial charge in [-0.2, -0.15) is 0 Å². The summed E-state index contributed by atoms with van der Waals surface area (Å²) in [4.78, 5) is 12.0. The Kier molecular flexibility index (Phi) is 6.65. The van der Waals surface area contributed by atoms with Gasteiger partial charge in [0.05, 0.1) is 0 Å². The van der Waals surface area contributed by atoms with Crippen molar-refractivity contribution in [3.8, 4) is 0 Å². The molecule has 0 aliphatic heterocycles. The molecule has 0 spiro atoms. The van der Waals surface area contributed by atoms with Gasteiger partial charge in [0.2, 0.25) is 0 Å². The number of aromatic nitrogens is 1. The van der Waals surface area contributed by atoms with Crippen molar-refractivity contribution >= 4 is 35.6 Å². The van der Waals surface area contributed by atoms with Crippen LogP contribution in [-0.4, -0.2) is 24.4 Å². The summed E-state index contributed by atoms with van der Waals surface area (Å²) in [6.07, 6.45) is 8.24. The van der Waals surface area contributed by atoms with Gasteiger partial charge in [-0.15, -0.1) is 0 Å². The van der Waals surface area contributed by atoms with Crippen LogP contribution in [0.15, 0.2) is 54.2 Å². The molecule has 0 radical (unpaired) electrons. The maximum atomic E-state index is 12.0. The van der Waals surface area contributed by atoms with Crippen LogP contribution in [0.3, 0.4) is 0 Å². The molecule has 2 aromatic carbocycles. The Labute approximate surface area is 198 Å². The molecule has 0 saturated heterocycles. The standard InChI is InChI=1S/C24H25N3O.2W/c1-17-8-7-13-22-24(17)20-11-5-6-12-21(20)27(22)15-14-19(16-23(25)28)26-18-9-3-2-4-10-18;;/h5-8,11-14,18,26H,2-4,9-10H2,1H3,(H2,25,28);;. The van der Waals surface area contributed by atoms with Gasteiger partial charge in [-0.25, -0.2) is 0 Å². The molecule has 1 saturated carbocycles. The minimum atomic E-state index is -0.333. The van der Waals surface area contributed by atoms with Crippen LogP contribution in [0.1, 0.15) is 37.7 Å². The summed E-state index contributed by atoms with van der Waals surface area (Å²) in [6.45, 7) is 2.17. The quantitative estimate of drug-likeness (QED) is 0.406. The van der Waals surface area contributed by atoms with Crippen molar-refractivity contribution in [2.45, 2.75) is 45.1 Å². The van der Waals surface area contributed by atoms with Crippen LogP contribution in [0.4, 0.5) is 0 Å². The third-order valence-corrected chi connectivity index (χ3v) is 8.42. The SMILES string of the molecule is Cc1cccc2c1c1ccccc1n2[C](=[W])C=C(NC1CCCCC1)[C](=[W])C(N)=O. The molecular weight excluding hydrogens is 714 g/mol. The fourth-order valence-corrected chi connectivity index (χ4v) is 5.95. The molecule has 1 heterocycles. The summed E-state index contributed by atoms with van der Waals surface area (Å²) in [5, 5.41) is 6.22. The molecule has 1 fully saturated rings. The van der Waals surface area contributed by atoms with Crippen LogP contribution in [-0.2, 0) is 43.5 Å². The number of benzene rings is 2. The minimum absolute atomic E-state index is 0.333. The second-order valence-corrected chi connectivity index (χ2v) is 10.9. The van der Waals surface area contributed by atoms with Crippen LogP contribution < -0.4 is 11.1 Å². The second-order valence-electron chi connectivity index (χ2n) is 7.89. The molecule has 1 aromatic heterocycles. The van der Waals surface area contributed by atoms with E-state index in [1.54, 1.807) is 0 Å². The van der Waals surface area contributed by atoms with Gasteiger partial charge < -0.3 is 0 Å². The Hall–Kier alpha value is -1.63. The summed E-state index contributed by atoms with van der Waals surface area (Å²) in [6, 6.07) is 15.4. The van der Waals surface area contributed by atoms with Gasteiger partial charge >= 0.3 is 200 Å². The van der Waals surface area contributed by atoms with E-state index < -0.39 is 0 Å². The Morgan fingerprint density at radius 3 is 2.50 bits per heavy atom. The Bertz CT molecular complexity index is 1190. The average molecular weight is 739 g/mol. The van der Waals surface area contributed by atoms with Crippen LogP contribution in [0.25, 0.3) is 21.8 Å². The van der Waals surface area contributed by atoms with Crippen molar-refractivity contribution in [2.75, 3.05) is 0 Å². The first-order valence-corrected chi connectivity index (χ1v) is 13.3. The van der Waals surface area contributed by atoms with E-state index in [-0.39, 0.29) is 5.91 Å². The first-order chi connectivity index (χ1) is 14.5. The number of rotatable bonds is 6. The van der Waals surface area contributed by atoms with E-state index >= 15 is 0 Å². The number of carbonyl (C=O) groups is 1. The van der Waals surface area contributed by atoms with Gasteiger partial charge in [0.1, 0.15) is 0 Å². The van der Waals surface area contributed by atoms with Crippen LogP contribution in [0, 0.1) is 6.92 Å². The van der Waals surface area contributed by atoms with Crippen LogP contribution >= 0.6 is 0 Å². The number of fused-ring (bicyclic) bond motifs is 3. The summed E-state index contributed by atoms with van der Waals surface area (Å²) >= 11 is 2.46. The number of primary amides is 1. The normalized spacial score (nSPS) is 15.4. The summed E-state index contributed by atoms with van der Waals surface area (Å²) in [5.41, 5.74) is 10.3. The van der Waals surface area contributed by atoms with Crippen molar-refractivity contribution in [1.29, 1.82) is 0 Å². The van der Waals surface area contributed by atoms with E-state index in [1.165, 1.54) is 66.0 Å². The van der Waals surface area contributed by atoms with Crippen molar-refractivity contribution in [1.82, 2.24) is 9.88 Å². The van der Waals surface area contributed by atoms with E-state index in [0.29, 0.717) is 9.94 Å². The fraction of sp³-hybridized carbons (Fsp3) is 0.292. The van der Waals surface area contributed by atoms with Gasteiger partial charge in [-0.1, -0.05) is 0 Å². The first kappa shape index (κ1) is 21.6. The van der Waals surface area contributed by atoms with Crippen molar-refractivity contribution in [3.05, 3.63) is 59.8 Å². The Morgan fingerprint density at radius 1 is 1.07 bits per heavy atom. The maximum absolute atomic E-state index is 12.0. The Balaban J connectivity index is 1.82. The third kappa shape index (κ3) is 4.23. The molecule has 4 rings (SSSR count). The number of hydrogen-bond donors (Lipinski definition) is 2. The number of hydrogen-bond acceptors (Lipinski definition) is 2. The Morgan fingerprint density at radius 2 is 1.77 bits per heavy atom. The van der Waals surface area contributed by atoms with E-state index in [1.807, 2.05) is 0 Å². The zero-order valence-corrected chi connectivity index (χ0v) is 22.8. The van der Waals surface area contributed by atoms with Gasteiger partial charge in [0, 0.05) is 0 Å². The zero-order chi connectivity index (χ0) is 21.3. The van der Waals surface area contributed by atoms with Crippen LogP contribution in [0.2, 0.25) is 0 Å². The molecule has 1 aliphatic rings. The van der Waals surface area contributed by atoms with Crippen molar-refractivity contribution in [3.63, 3.8) is 0 Å². The second kappa shape index (κ2) is 9.24. The average Bonchev–Trinajstić information content (AvgIpc) is 3.09. The predicted molar refractivity (Wildman–Crippen MR) is 117 cm³/mol.